The summed E-state index contributed by atoms with van der Waals surface area (Å²) in [5.74, 6) is -2.13. The Kier molecular flexibility index (Phi) is 16.7. The SMILES string of the molecule is CCCCCCCCC=CCCCCCCCNC(=O)n1cc(N2CCCCC2)c(C(=O)C2OC(C)(C)OCC2(C)C)c1CCC(=O)O. The van der Waals surface area contributed by atoms with Crippen molar-refractivity contribution in [2.45, 2.75) is 162 Å². The van der Waals surface area contributed by atoms with E-state index in [1.54, 1.807) is 20.0 Å². The number of carboxylic acid groups (broad SMARTS) is 1. The van der Waals surface area contributed by atoms with Gasteiger partial charge in [-0.1, -0.05) is 84.3 Å². The number of unbranched alkanes of at least 4 members (excludes halogenated alkanes) is 11. The molecule has 3 heterocycles. The number of Topliss-reactive ketones (excluding diaryl/α,β-unsaturated/α-hetero) is 1. The van der Waals surface area contributed by atoms with Crippen LogP contribution >= 0.6 is 0 Å². The van der Waals surface area contributed by atoms with Crippen LogP contribution in [0.1, 0.15) is 160 Å². The zero-order chi connectivity index (χ0) is 35.0. The number of aliphatic carboxylic acids is 1. The van der Waals surface area contributed by atoms with Crippen molar-refractivity contribution < 1.29 is 29.0 Å². The van der Waals surface area contributed by atoms with E-state index < -0.39 is 23.3 Å². The zero-order valence-corrected chi connectivity index (χ0v) is 30.7. The van der Waals surface area contributed by atoms with Crippen molar-refractivity contribution in [2.75, 3.05) is 31.1 Å². The first-order chi connectivity index (χ1) is 23.0. The first-order valence-corrected chi connectivity index (χ1v) is 19.0. The molecule has 1 aromatic heterocycles. The molecule has 272 valence electrons. The maximum atomic E-state index is 14.5. The van der Waals surface area contributed by atoms with Gasteiger partial charge in [-0.05, 0) is 71.6 Å². The Morgan fingerprint density at radius 3 is 2.12 bits per heavy atom. The fourth-order valence-corrected chi connectivity index (χ4v) is 6.76. The molecular weight excluding hydrogens is 606 g/mol. The van der Waals surface area contributed by atoms with Crippen LogP contribution in [0.5, 0.6) is 0 Å². The van der Waals surface area contributed by atoms with Crippen LogP contribution in [0.15, 0.2) is 18.3 Å². The Bertz CT molecular complexity index is 1180. The highest BCUT2D eigenvalue weighted by Gasteiger charge is 2.47. The van der Waals surface area contributed by atoms with Crippen LogP contribution in [0.4, 0.5) is 10.5 Å². The number of hydrogen-bond acceptors (Lipinski definition) is 6. The van der Waals surface area contributed by atoms with Crippen LogP contribution in [0.25, 0.3) is 0 Å². The topological polar surface area (TPSA) is 110 Å². The van der Waals surface area contributed by atoms with Gasteiger partial charge in [0.25, 0.3) is 0 Å². The molecular formula is C39H65N3O6. The summed E-state index contributed by atoms with van der Waals surface area (Å²) >= 11 is 0. The van der Waals surface area contributed by atoms with Gasteiger partial charge >= 0.3 is 12.0 Å². The summed E-state index contributed by atoms with van der Waals surface area (Å²) in [6.07, 6.45) is 24.4. The van der Waals surface area contributed by atoms with Gasteiger partial charge in [0.15, 0.2) is 11.6 Å². The van der Waals surface area contributed by atoms with E-state index in [-0.39, 0.29) is 24.7 Å². The van der Waals surface area contributed by atoms with Gasteiger partial charge in [0.1, 0.15) is 6.10 Å². The molecule has 0 bridgehead atoms. The number of ether oxygens (including phenoxy) is 2. The monoisotopic (exact) mass is 671 g/mol. The van der Waals surface area contributed by atoms with Crippen LogP contribution in [0.3, 0.4) is 0 Å². The van der Waals surface area contributed by atoms with E-state index in [1.165, 1.54) is 62.4 Å². The Morgan fingerprint density at radius 2 is 1.50 bits per heavy atom. The summed E-state index contributed by atoms with van der Waals surface area (Å²) in [5.41, 5.74) is 0.933. The molecule has 2 N–H and O–H groups in total. The minimum absolute atomic E-state index is 0.0676. The van der Waals surface area contributed by atoms with Crippen LogP contribution in [0, 0.1) is 5.41 Å². The molecule has 0 aromatic carbocycles. The number of nitrogens with zero attached hydrogens (tertiary/aromatic N) is 2. The molecule has 0 aliphatic carbocycles. The lowest BCUT2D eigenvalue weighted by molar-refractivity contribution is -0.298. The van der Waals surface area contributed by atoms with E-state index in [2.05, 4.69) is 29.3 Å². The highest BCUT2D eigenvalue weighted by molar-refractivity contribution is 6.07. The molecule has 3 rings (SSSR count). The molecule has 1 atom stereocenters. The second kappa shape index (κ2) is 20.1. The standard InChI is InChI=1S/C39H65N3O6/c1-6-7-8-9-10-11-12-13-14-15-16-17-18-19-21-26-40-37(46)42-29-32(41-27-22-20-23-28-41)34(31(42)24-25-33(43)44)35(45)36-38(2,3)30-47-39(4,5)48-36/h13-14,29,36H,6-12,15-28,30H2,1-5H3,(H,40,46)(H,43,44). The van der Waals surface area contributed by atoms with Gasteiger partial charge in [0, 0.05) is 36.9 Å². The van der Waals surface area contributed by atoms with E-state index in [9.17, 15) is 19.5 Å². The number of amides is 1. The average molecular weight is 672 g/mol. The number of carboxylic acids is 1. The third-order valence-corrected chi connectivity index (χ3v) is 9.68. The molecule has 1 amide bonds. The Morgan fingerprint density at radius 1 is 0.896 bits per heavy atom. The first-order valence-electron chi connectivity index (χ1n) is 19.0. The van der Waals surface area contributed by atoms with Gasteiger partial charge in [0.05, 0.1) is 24.3 Å². The van der Waals surface area contributed by atoms with Gasteiger partial charge in [-0.3, -0.25) is 14.2 Å². The van der Waals surface area contributed by atoms with Crippen LogP contribution in [0.2, 0.25) is 0 Å². The largest absolute Gasteiger partial charge is 0.481 e. The van der Waals surface area contributed by atoms with Gasteiger partial charge in [-0.25, -0.2) is 4.79 Å². The van der Waals surface area contributed by atoms with Gasteiger partial charge in [-0.2, -0.15) is 0 Å². The lowest BCUT2D eigenvalue weighted by Gasteiger charge is -2.45. The number of ketones is 1. The average Bonchev–Trinajstić information content (AvgIpc) is 3.44. The van der Waals surface area contributed by atoms with Gasteiger partial charge < -0.3 is 24.8 Å². The molecule has 0 radical (unpaired) electrons. The highest BCUT2D eigenvalue weighted by atomic mass is 16.7. The number of nitrogens with one attached hydrogen (secondary N) is 1. The minimum atomic E-state index is -0.974. The van der Waals surface area contributed by atoms with Crippen LogP contribution in [-0.4, -0.2) is 65.6 Å². The van der Waals surface area contributed by atoms with Crippen LogP contribution < -0.4 is 10.2 Å². The lowest BCUT2D eigenvalue weighted by Crippen LogP contribution is -2.54. The third-order valence-electron chi connectivity index (χ3n) is 9.68. The fraction of sp³-hybridized carbons (Fsp3) is 0.769. The molecule has 2 aliphatic rings. The van der Waals surface area contributed by atoms with E-state index in [0.717, 1.165) is 58.0 Å². The predicted molar refractivity (Wildman–Crippen MR) is 193 cm³/mol. The van der Waals surface area contributed by atoms with E-state index >= 15 is 0 Å². The molecule has 0 spiro atoms. The number of carbonyl (C=O) groups is 3. The zero-order valence-electron chi connectivity index (χ0n) is 30.7. The minimum Gasteiger partial charge on any atom is -0.481 e. The fourth-order valence-electron chi connectivity index (χ4n) is 6.76. The summed E-state index contributed by atoms with van der Waals surface area (Å²) in [6, 6.07) is -0.323. The highest BCUT2D eigenvalue weighted by Crippen LogP contribution is 2.40. The van der Waals surface area contributed by atoms with Crippen molar-refractivity contribution in [1.82, 2.24) is 9.88 Å². The number of rotatable bonds is 21. The van der Waals surface area contributed by atoms with E-state index in [1.807, 2.05) is 13.8 Å². The maximum absolute atomic E-state index is 14.5. The molecule has 9 heteroatoms. The van der Waals surface area contributed by atoms with Crippen molar-refractivity contribution in [3.63, 3.8) is 0 Å². The van der Waals surface area contributed by atoms with Crippen molar-refractivity contribution >= 4 is 23.5 Å². The second-order valence-electron chi connectivity index (χ2n) is 15.0. The molecule has 0 saturated carbocycles. The summed E-state index contributed by atoms with van der Waals surface area (Å²) in [5, 5.41) is 12.6. The molecule has 2 fully saturated rings. The summed E-state index contributed by atoms with van der Waals surface area (Å²) in [4.78, 5) is 42.0. The summed E-state index contributed by atoms with van der Waals surface area (Å²) in [7, 11) is 0. The van der Waals surface area contributed by atoms with Crippen molar-refractivity contribution in [3.05, 3.63) is 29.6 Å². The Balaban J connectivity index is 1.60. The van der Waals surface area contributed by atoms with E-state index in [0.29, 0.717) is 30.1 Å². The molecule has 1 aromatic rings. The number of hydrogen-bond donors (Lipinski definition) is 2. The Labute approximate surface area is 290 Å². The van der Waals surface area contributed by atoms with Crippen molar-refractivity contribution in [2.24, 2.45) is 5.41 Å². The summed E-state index contributed by atoms with van der Waals surface area (Å²) in [6.45, 7) is 12.2. The smallest absolute Gasteiger partial charge is 0.325 e. The third kappa shape index (κ3) is 12.7. The second-order valence-corrected chi connectivity index (χ2v) is 15.0. The normalized spacial score (nSPS) is 19.1. The first kappa shape index (κ1) is 39.8. The quantitative estimate of drug-likeness (QED) is 0.0762. The van der Waals surface area contributed by atoms with E-state index in [4.69, 9.17) is 9.47 Å². The number of allylic oxidation sites excluding steroid dienone is 2. The maximum Gasteiger partial charge on any atom is 0.325 e. The van der Waals surface area contributed by atoms with Crippen molar-refractivity contribution in [3.8, 4) is 0 Å². The number of carbonyl (C=O) groups excluding carboxylic acids is 2. The van der Waals surface area contributed by atoms with Crippen molar-refractivity contribution in [1.29, 1.82) is 0 Å². The predicted octanol–water partition coefficient (Wildman–Crippen LogP) is 9.06. The summed E-state index contributed by atoms with van der Waals surface area (Å²) < 4.78 is 13.6. The number of anilines is 1. The lowest BCUT2D eigenvalue weighted by atomic mass is 9.81. The molecule has 2 aliphatic heterocycles. The van der Waals surface area contributed by atoms with Gasteiger partial charge in [-0.15, -0.1) is 0 Å². The molecule has 9 nitrogen and oxygen atoms in total. The molecule has 1 unspecified atom stereocenters. The molecule has 2 saturated heterocycles. The number of aromatic nitrogens is 1. The number of piperidine rings is 1. The van der Waals surface area contributed by atoms with Crippen LogP contribution in [-0.2, 0) is 20.7 Å². The Hall–Kier alpha value is -2.65. The molecule has 48 heavy (non-hydrogen) atoms. The van der Waals surface area contributed by atoms with Gasteiger partial charge in [0.2, 0.25) is 0 Å².